The van der Waals surface area contributed by atoms with E-state index in [9.17, 15) is 14.7 Å². The van der Waals surface area contributed by atoms with Gasteiger partial charge in [0.05, 0.1) is 0 Å². The molecule has 0 spiro atoms. The van der Waals surface area contributed by atoms with Gasteiger partial charge in [0.25, 0.3) is 0 Å². The van der Waals surface area contributed by atoms with Crippen molar-refractivity contribution in [1.82, 2.24) is 5.32 Å². The summed E-state index contributed by atoms with van der Waals surface area (Å²) in [6.45, 7) is 5.52. The normalized spacial score (nSPS) is 21.4. The fraction of sp³-hybridized carbons (Fsp3) is 0.833. The predicted molar refractivity (Wildman–Crippen MR) is 63.8 cm³/mol. The third-order valence-electron chi connectivity index (χ3n) is 2.41. The molecule has 0 bridgehead atoms. The Morgan fingerprint density at radius 3 is 2.61 bits per heavy atom. The second-order valence-corrected chi connectivity index (χ2v) is 5.33. The van der Waals surface area contributed by atoms with Crippen LogP contribution in [-0.4, -0.2) is 47.9 Å². The van der Waals surface area contributed by atoms with Crippen LogP contribution in [0.3, 0.4) is 0 Å². The summed E-state index contributed by atoms with van der Waals surface area (Å²) in [5.74, 6) is -1.22. The van der Waals surface area contributed by atoms with E-state index in [1.807, 2.05) is 0 Å². The van der Waals surface area contributed by atoms with Gasteiger partial charge in [0.15, 0.2) is 6.10 Å². The summed E-state index contributed by atoms with van der Waals surface area (Å²) < 4.78 is 9.83. The lowest BCUT2D eigenvalue weighted by Crippen LogP contribution is -2.38. The molecule has 2 unspecified atom stereocenters. The van der Waals surface area contributed by atoms with Gasteiger partial charge >= 0.3 is 11.9 Å². The summed E-state index contributed by atoms with van der Waals surface area (Å²) in [6.07, 6.45) is 0.213. The van der Waals surface area contributed by atoms with Crippen LogP contribution in [0, 0.1) is 0 Å². The highest BCUT2D eigenvalue weighted by atomic mass is 16.6. The van der Waals surface area contributed by atoms with Crippen LogP contribution in [0.1, 0.15) is 33.6 Å². The second-order valence-electron chi connectivity index (χ2n) is 5.33. The fourth-order valence-electron chi connectivity index (χ4n) is 1.59. The number of esters is 2. The Labute approximate surface area is 107 Å². The SMILES string of the molecule is CC(C)(C)OC(=O)C(O)COC(=O)C1CCCN1. The molecule has 1 fully saturated rings. The zero-order valence-electron chi connectivity index (χ0n) is 11.1. The molecule has 2 N–H and O–H groups in total. The third kappa shape index (κ3) is 5.01. The van der Waals surface area contributed by atoms with Crippen molar-refractivity contribution >= 4 is 11.9 Å². The minimum absolute atomic E-state index is 0.323. The molecule has 0 aromatic rings. The summed E-state index contributed by atoms with van der Waals surface area (Å²) in [5.41, 5.74) is -0.672. The number of aliphatic hydroxyl groups is 1. The minimum atomic E-state index is -1.44. The summed E-state index contributed by atoms with van der Waals surface area (Å²) >= 11 is 0. The number of carbonyl (C=O) groups is 2. The van der Waals surface area contributed by atoms with Crippen molar-refractivity contribution < 1.29 is 24.2 Å². The maximum absolute atomic E-state index is 11.5. The standard InChI is InChI=1S/C12H21NO5/c1-12(2,3)18-11(16)9(14)7-17-10(15)8-5-4-6-13-8/h8-9,13-14H,4-7H2,1-3H3. The Kier molecular flexibility index (Phi) is 5.10. The Bertz CT molecular complexity index is 304. The Morgan fingerprint density at radius 2 is 2.11 bits per heavy atom. The van der Waals surface area contributed by atoms with E-state index in [0.29, 0.717) is 0 Å². The Morgan fingerprint density at radius 1 is 1.44 bits per heavy atom. The zero-order valence-corrected chi connectivity index (χ0v) is 11.1. The first kappa shape index (κ1) is 14.9. The van der Waals surface area contributed by atoms with Crippen molar-refractivity contribution in [2.24, 2.45) is 0 Å². The van der Waals surface area contributed by atoms with E-state index in [-0.39, 0.29) is 12.6 Å². The number of nitrogens with one attached hydrogen (secondary N) is 1. The van der Waals surface area contributed by atoms with Crippen molar-refractivity contribution in [3.05, 3.63) is 0 Å². The molecular weight excluding hydrogens is 238 g/mol. The lowest BCUT2D eigenvalue weighted by Gasteiger charge is -2.21. The topological polar surface area (TPSA) is 84.9 Å². The van der Waals surface area contributed by atoms with Gasteiger partial charge in [0, 0.05) is 0 Å². The van der Waals surface area contributed by atoms with Crippen LogP contribution in [0.2, 0.25) is 0 Å². The quantitative estimate of drug-likeness (QED) is 0.690. The van der Waals surface area contributed by atoms with Crippen molar-refractivity contribution in [2.45, 2.75) is 51.4 Å². The van der Waals surface area contributed by atoms with Crippen molar-refractivity contribution in [2.75, 3.05) is 13.2 Å². The second kappa shape index (κ2) is 6.15. The van der Waals surface area contributed by atoms with Crippen LogP contribution < -0.4 is 5.32 Å². The lowest BCUT2D eigenvalue weighted by molar-refractivity contribution is -0.170. The Hall–Kier alpha value is -1.14. The number of carbonyl (C=O) groups excluding carboxylic acids is 2. The first-order valence-corrected chi connectivity index (χ1v) is 6.10. The van der Waals surface area contributed by atoms with Gasteiger partial charge in [-0.15, -0.1) is 0 Å². The molecule has 0 radical (unpaired) electrons. The van der Waals surface area contributed by atoms with Crippen LogP contribution in [0.25, 0.3) is 0 Å². The molecule has 0 aromatic heterocycles. The summed E-state index contributed by atoms with van der Waals surface area (Å²) in [7, 11) is 0. The zero-order chi connectivity index (χ0) is 13.8. The largest absolute Gasteiger partial charge is 0.461 e. The molecule has 1 heterocycles. The van der Waals surface area contributed by atoms with Crippen molar-refractivity contribution in [3.8, 4) is 0 Å². The molecule has 0 saturated carbocycles. The van der Waals surface area contributed by atoms with Gasteiger partial charge < -0.3 is 19.9 Å². The number of rotatable bonds is 4. The molecule has 1 rings (SSSR count). The monoisotopic (exact) mass is 259 g/mol. The van der Waals surface area contributed by atoms with E-state index >= 15 is 0 Å². The minimum Gasteiger partial charge on any atom is -0.461 e. The average Bonchev–Trinajstić information content (AvgIpc) is 2.76. The van der Waals surface area contributed by atoms with E-state index in [1.165, 1.54) is 0 Å². The van der Waals surface area contributed by atoms with E-state index in [4.69, 9.17) is 9.47 Å². The third-order valence-corrected chi connectivity index (χ3v) is 2.41. The summed E-state index contributed by atoms with van der Waals surface area (Å²) in [5, 5.41) is 12.5. The molecule has 1 saturated heterocycles. The number of hydrogen-bond acceptors (Lipinski definition) is 6. The highest BCUT2D eigenvalue weighted by Gasteiger charge is 2.27. The molecule has 2 atom stereocenters. The molecule has 0 aromatic carbocycles. The van der Waals surface area contributed by atoms with Crippen LogP contribution in [0.5, 0.6) is 0 Å². The molecule has 0 aliphatic carbocycles. The van der Waals surface area contributed by atoms with Crippen LogP contribution in [0.4, 0.5) is 0 Å². The van der Waals surface area contributed by atoms with E-state index in [2.05, 4.69) is 5.32 Å². The predicted octanol–water partition coefficient (Wildman–Crippen LogP) is -0.0158. The smallest absolute Gasteiger partial charge is 0.339 e. The Balaban J connectivity index is 2.29. The van der Waals surface area contributed by atoms with Gasteiger partial charge in [-0.1, -0.05) is 0 Å². The van der Waals surface area contributed by atoms with E-state index in [0.717, 1.165) is 19.4 Å². The highest BCUT2D eigenvalue weighted by Crippen LogP contribution is 2.10. The average molecular weight is 259 g/mol. The maximum Gasteiger partial charge on any atom is 0.339 e. The van der Waals surface area contributed by atoms with Crippen molar-refractivity contribution in [1.29, 1.82) is 0 Å². The molecular formula is C12H21NO5. The van der Waals surface area contributed by atoms with Gasteiger partial charge in [0.1, 0.15) is 18.2 Å². The molecule has 6 nitrogen and oxygen atoms in total. The van der Waals surface area contributed by atoms with Crippen LogP contribution in [0.15, 0.2) is 0 Å². The van der Waals surface area contributed by atoms with Gasteiger partial charge in [0.2, 0.25) is 0 Å². The lowest BCUT2D eigenvalue weighted by atomic mass is 10.2. The van der Waals surface area contributed by atoms with Crippen LogP contribution in [-0.2, 0) is 19.1 Å². The molecule has 1 aliphatic rings. The summed E-state index contributed by atoms with van der Waals surface area (Å²) in [4.78, 5) is 22.9. The van der Waals surface area contributed by atoms with Gasteiger partial charge in [-0.3, -0.25) is 4.79 Å². The van der Waals surface area contributed by atoms with Crippen LogP contribution >= 0.6 is 0 Å². The highest BCUT2D eigenvalue weighted by molar-refractivity contribution is 5.78. The van der Waals surface area contributed by atoms with E-state index < -0.39 is 23.6 Å². The number of hydrogen-bond donors (Lipinski definition) is 2. The number of ether oxygens (including phenoxy) is 2. The summed E-state index contributed by atoms with van der Waals surface area (Å²) in [6, 6.07) is -0.323. The first-order chi connectivity index (χ1) is 8.29. The van der Waals surface area contributed by atoms with Gasteiger partial charge in [-0.05, 0) is 40.2 Å². The first-order valence-electron chi connectivity index (χ1n) is 6.10. The van der Waals surface area contributed by atoms with Gasteiger partial charge in [-0.2, -0.15) is 0 Å². The van der Waals surface area contributed by atoms with Crippen molar-refractivity contribution in [3.63, 3.8) is 0 Å². The molecule has 104 valence electrons. The molecule has 18 heavy (non-hydrogen) atoms. The van der Waals surface area contributed by atoms with E-state index in [1.54, 1.807) is 20.8 Å². The fourth-order valence-corrected chi connectivity index (χ4v) is 1.59. The molecule has 0 amide bonds. The van der Waals surface area contributed by atoms with Gasteiger partial charge in [-0.25, -0.2) is 4.79 Å². The number of aliphatic hydroxyl groups excluding tert-OH is 1. The molecule has 1 aliphatic heterocycles. The molecule has 6 heteroatoms. The maximum atomic E-state index is 11.5.